The summed E-state index contributed by atoms with van der Waals surface area (Å²) in [7, 11) is 0. The van der Waals surface area contributed by atoms with Gasteiger partial charge < -0.3 is 4.42 Å². The molecule has 1 heterocycles. The van der Waals surface area contributed by atoms with E-state index in [9.17, 15) is 0 Å². The molecule has 2 rings (SSSR count). The van der Waals surface area contributed by atoms with Gasteiger partial charge >= 0.3 is 0 Å². The van der Waals surface area contributed by atoms with Gasteiger partial charge in [0.2, 0.25) is 0 Å². The van der Waals surface area contributed by atoms with E-state index >= 15 is 0 Å². The molecule has 0 N–H and O–H groups in total. The van der Waals surface area contributed by atoms with Crippen LogP contribution >= 0.6 is 22.6 Å². The van der Waals surface area contributed by atoms with E-state index in [0.717, 1.165) is 17.0 Å². The zero-order valence-electron chi connectivity index (χ0n) is 7.12. The van der Waals surface area contributed by atoms with Crippen molar-refractivity contribution in [3.05, 3.63) is 40.0 Å². The van der Waals surface area contributed by atoms with Gasteiger partial charge in [-0.25, -0.2) is 4.98 Å². The summed E-state index contributed by atoms with van der Waals surface area (Å²) >= 11 is 2.08. The molecule has 0 fully saturated rings. The molecule has 3 heteroatoms. The van der Waals surface area contributed by atoms with Crippen LogP contribution in [0.3, 0.4) is 0 Å². The van der Waals surface area contributed by atoms with E-state index in [2.05, 4.69) is 27.6 Å². The van der Waals surface area contributed by atoms with E-state index in [0.29, 0.717) is 3.90 Å². The van der Waals surface area contributed by atoms with E-state index in [1.807, 2.05) is 37.3 Å². The molecule has 2 aromatic rings. The minimum absolute atomic E-state index is 0.689. The maximum Gasteiger partial charge on any atom is 0.257 e. The third-order valence-electron chi connectivity index (χ3n) is 1.82. The average molecular weight is 285 g/mol. The summed E-state index contributed by atoms with van der Waals surface area (Å²) in [5, 5.41) is 0. The molecule has 0 atom stereocenters. The predicted octanol–water partition coefficient (Wildman–Crippen LogP) is 3.25. The summed E-state index contributed by atoms with van der Waals surface area (Å²) in [6.07, 6.45) is 0. The molecule has 13 heavy (non-hydrogen) atoms. The zero-order chi connectivity index (χ0) is 9.26. The van der Waals surface area contributed by atoms with Crippen molar-refractivity contribution in [1.82, 2.24) is 4.98 Å². The fourth-order valence-corrected chi connectivity index (χ4v) is 1.80. The lowest BCUT2D eigenvalue weighted by molar-refractivity contribution is 0.497. The highest BCUT2D eigenvalue weighted by Gasteiger charge is 2.08. The summed E-state index contributed by atoms with van der Waals surface area (Å²) in [5.41, 5.74) is 2.04. The van der Waals surface area contributed by atoms with Crippen LogP contribution in [0.4, 0.5) is 0 Å². The molecule has 0 aliphatic rings. The van der Waals surface area contributed by atoms with E-state index in [4.69, 9.17) is 4.42 Å². The SMILES string of the molecule is Cc1oc(I)nc1-c1ccccc1. The third kappa shape index (κ3) is 1.75. The first-order valence-corrected chi connectivity index (χ1v) is 5.03. The Labute approximate surface area is 90.1 Å². The maximum atomic E-state index is 5.34. The summed E-state index contributed by atoms with van der Waals surface area (Å²) in [6, 6.07) is 10.0. The second-order valence-electron chi connectivity index (χ2n) is 2.74. The Kier molecular flexibility index (Phi) is 2.35. The van der Waals surface area contributed by atoms with Gasteiger partial charge in [0.05, 0.1) is 0 Å². The largest absolute Gasteiger partial charge is 0.437 e. The molecule has 1 aromatic heterocycles. The van der Waals surface area contributed by atoms with E-state index in [1.54, 1.807) is 0 Å². The lowest BCUT2D eigenvalue weighted by Gasteiger charge is -1.94. The predicted molar refractivity (Wildman–Crippen MR) is 59.4 cm³/mol. The number of aromatic nitrogens is 1. The van der Waals surface area contributed by atoms with E-state index in [-0.39, 0.29) is 0 Å². The fourth-order valence-electron chi connectivity index (χ4n) is 1.23. The number of rotatable bonds is 1. The van der Waals surface area contributed by atoms with Crippen molar-refractivity contribution in [3.63, 3.8) is 0 Å². The number of hydrogen-bond acceptors (Lipinski definition) is 2. The third-order valence-corrected chi connectivity index (χ3v) is 2.28. The van der Waals surface area contributed by atoms with Gasteiger partial charge in [0, 0.05) is 28.2 Å². The number of benzene rings is 1. The monoisotopic (exact) mass is 285 g/mol. The Morgan fingerprint density at radius 3 is 2.46 bits per heavy atom. The number of oxazole rings is 1. The first-order chi connectivity index (χ1) is 6.27. The highest BCUT2D eigenvalue weighted by Crippen LogP contribution is 2.23. The van der Waals surface area contributed by atoms with Crippen LogP contribution in [0.2, 0.25) is 0 Å². The second kappa shape index (κ2) is 3.49. The number of hydrogen-bond donors (Lipinski definition) is 0. The van der Waals surface area contributed by atoms with Crippen LogP contribution in [0.25, 0.3) is 11.3 Å². The Morgan fingerprint density at radius 2 is 1.92 bits per heavy atom. The van der Waals surface area contributed by atoms with Crippen LogP contribution in [-0.4, -0.2) is 4.98 Å². The minimum Gasteiger partial charge on any atom is -0.437 e. The topological polar surface area (TPSA) is 26.0 Å². The van der Waals surface area contributed by atoms with Gasteiger partial charge in [-0.15, -0.1) is 0 Å². The Morgan fingerprint density at radius 1 is 1.23 bits per heavy atom. The average Bonchev–Trinajstić information content (AvgIpc) is 2.47. The summed E-state index contributed by atoms with van der Waals surface area (Å²) in [5.74, 6) is 0.871. The molecule has 0 amide bonds. The van der Waals surface area contributed by atoms with Crippen molar-refractivity contribution in [2.45, 2.75) is 6.92 Å². The molecule has 0 unspecified atom stereocenters. The highest BCUT2D eigenvalue weighted by molar-refractivity contribution is 14.1. The number of halogens is 1. The minimum atomic E-state index is 0.689. The van der Waals surface area contributed by atoms with Crippen molar-refractivity contribution in [2.75, 3.05) is 0 Å². The quantitative estimate of drug-likeness (QED) is 0.752. The van der Waals surface area contributed by atoms with E-state index in [1.165, 1.54) is 0 Å². The van der Waals surface area contributed by atoms with Gasteiger partial charge in [-0.3, -0.25) is 0 Å². The van der Waals surface area contributed by atoms with Crippen LogP contribution in [0, 0.1) is 10.8 Å². The summed E-state index contributed by atoms with van der Waals surface area (Å²) in [4.78, 5) is 4.30. The van der Waals surface area contributed by atoms with Crippen molar-refractivity contribution in [2.24, 2.45) is 0 Å². The van der Waals surface area contributed by atoms with Crippen molar-refractivity contribution < 1.29 is 4.42 Å². The first kappa shape index (κ1) is 8.74. The molecule has 0 aliphatic heterocycles. The molecular formula is C10H8INO. The molecule has 0 bridgehead atoms. The zero-order valence-corrected chi connectivity index (χ0v) is 9.28. The van der Waals surface area contributed by atoms with Gasteiger partial charge in [-0.1, -0.05) is 30.3 Å². The van der Waals surface area contributed by atoms with Crippen molar-refractivity contribution >= 4 is 22.6 Å². The smallest absolute Gasteiger partial charge is 0.257 e. The number of nitrogens with zero attached hydrogens (tertiary/aromatic N) is 1. The Balaban J connectivity index is 2.53. The van der Waals surface area contributed by atoms with E-state index < -0.39 is 0 Å². The van der Waals surface area contributed by atoms with Crippen LogP contribution in [0.15, 0.2) is 34.7 Å². The van der Waals surface area contributed by atoms with Gasteiger partial charge in [0.25, 0.3) is 3.90 Å². The molecule has 1 aromatic carbocycles. The summed E-state index contributed by atoms with van der Waals surface area (Å²) in [6.45, 7) is 1.93. The first-order valence-electron chi connectivity index (χ1n) is 3.96. The maximum absolute atomic E-state index is 5.34. The molecule has 0 radical (unpaired) electrons. The Hall–Kier alpha value is -0.840. The molecule has 66 valence electrons. The molecular weight excluding hydrogens is 277 g/mol. The highest BCUT2D eigenvalue weighted by atomic mass is 127. The molecule has 2 nitrogen and oxygen atoms in total. The van der Waals surface area contributed by atoms with Gasteiger partial charge in [-0.2, -0.15) is 0 Å². The van der Waals surface area contributed by atoms with Crippen LogP contribution in [0.5, 0.6) is 0 Å². The Bertz CT molecular complexity index is 408. The fraction of sp³-hybridized carbons (Fsp3) is 0.100. The van der Waals surface area contributed by atoms with Gasteiger partial charge in [-0.05, 0) is 6.92 Å². The van der Waals surface area contributed by atoms with Gasteiger partial charge in [0.1, 0.15) is 11.5 Å². The summed E-state index contributed by atoms with van der Waals surface area (Å²) < 4.78 is 6.03. The standard InChI is InChI=1S/C10H8INO/c1-7-9(12-10(11)13-7)8-5-3-2-4-6-8/h2-6H,1H3. The number of aryl methyl sites for hydroxylation is 1. The molecule has 0 saturated heterocycles. The normalized spacial score (nSPS) is 10.3. The van der Waals surface area contributed by atoms with Gasteiger partial charge in [0.15, 0.2) is 0 Å². The second-order valence-corrected chi connectivity index (χ2v) is 3.66. The van der Waals surface area contributed by atoms with Crippen molar-refractivity contribution in [1.29, 1.82) is 0 Å². The molecule has 0 aliphatic carbocycles. The molecule has 0 spiro atoms. The lowest BCUT2D eigenvalue weighted by atomic mass is 10.1. The van der Waals surface area contributed by atoms with Crippen LogP contribution in [0.1, 0.15) is 5.76 Å². The van der Waals surface area contributed by atoms with Crippen molar-refractivity contribution in [3.8, 4) is 11.3 Å². The van der Waals surface area contributed by atoms with Crippen LogP contribution < -0.4 is 0 Å². The lowest BCUT2D eigenvalue weighted by Crippen LogP contribution is -1.79. The van der Waals surface area contributed by atoms with Crippen LogP contribution in [-0.2, 0) is 0 Å². The molecule has 0 saturated carbocycles.